The lowest BCUT2D eigenvalue weighted by atomic mass is 10.0. The number of aliphatic hydroxyl groups excluding tert-OH is 1. The van der Waals surface area contributed by atoms with Crippen LogP contribution in [0.1, 0.15) is 17.0 Å². The number of halogens is 2. The van der Waals surface area contributed by atoms with Gasteiger partial charge in [-0.25, -0.2) is 4.39 Å². The standard InChI is InChI=1S/C14H16BrFN2O/c1-9-14(15)13(18(2)17-9)8-12(19)7-10-3-5-11(16)6-4-10/h3-6,12,19H,7-8H2,1-2H3. The van der Waals surface area contributed by atoms with E-state index in [2.05, 4.69) is 21.0 Å². The molecule has 1 N–H and O–H groups in total. The van der Waals surface area contributed by atoms with Gasteiger partial charge in [0, 0.05) is 13.5 Å². The molecule has 0 radical (unpaired) electrons. The van der Waals surface area contributed by atoms with Crippen molar-refractivity contribution < 1.29 is 9.50 Å². The summed E-state index contributed by atoms with van der Waals surface area (Å²) >= 11 is 3.48. The van der Waals surface area contributed by atoms with E-state index in [1.165, 1.54) is 12.1 Å². The average molecular weight is 327 g/mol. The Hall–Kier alpha value is -1.20. The number of aryl methyl sites for hydroxylation is 2. The molecular formula is C14H16BrFN2O. The van der Waals surface area contributed by atoms with E-state index in [1.807, 2.05) is 14.0 Å². The molecule has 102 valence electrons. The Kier molecular flexibility index (Phi) is 4.37. The second-order valence-corrected chi connectivity index (χ2v) is 5.45. The highest BCUT2D eigenvalue weighted by atomic mass is 79.9. The molecule has 0 bridgehead atoms. The summed E-state index contributed by atoms with van der Waals surface area (Å²) in [5.41, 5.74) is 2.79. The minimum Gasteiger partial charge on any atom is -0.392 e. The fraction of sp³-hybridized carbons (Fsp3) is 0.357. The first-order valence-electron chi connectivity index (χ1n) is 6.08. The summed E-state index contributed by atoms with van der Waals surface area (Å²) in [6.45, 7) is 1.92. The first-order chi connectivity index (χ1) is 8.97. The molecule has 0 amide bonds. The fourth-order valence-corrected chi connectivity index (χ4v) is 2.59. The van der Waals surface area contributed by atoms with Crippen LogP contribution in [0.5, 0.6) is 0 Å². The Morgan fingerprint density at radius 2 is 1.95 bits per heavy atom. The predicted octanol–water partition coefficient (Wildman–Crippen LogP) is 2.78. The van der Waals surface area contributed by atoms with Crippen LogP contribution in [-0.4, -0.2) is 21.0 Å². The van der Waals surface area contributed by atoms with Gasteiger partial charge in [-0.05, 0) is 47.0 Å². The highest BCUT2D eigenvalue weighted by Gasteiger charge is 2.15. The summed E-state index contributed by atoms with van der Waals surface area (Å²) in [5, 5.41) is 14.4. The molecule has 0 fully saturated rings. The van der Waals surface area contributed by atoms with Crippen LogP contribution in [0.25, 0.3) is 0 Å². The Morgan fingerprint density at radius 1 is 1.32 bits per heavy atom. The Balaban J connectivity index is 2.05. The van der Waals surface area contributed by atoms with Gasteiger partial charge in [0.1, 0.15) is 5.82 Å². The van der Waals surface area contributed by atoms with E-state index in [0.717, 1.165) is 21.4 Å². The molecule has 2 aromatic rings. The van der Waals surface area contributed by atoms with E-state index in [9.17, 15) is 9.50 Å². The molecule has 0 saturated heterocycles. The van der Waals surface area contributed by atoms with E-state index in [4.69, 9.17) is 0 Å². The van der Waals surface area contributed by atoms with Crippen LogP contribution < -0.4 is 0 Å². The van der Waals surface area contributed by atoms with Crippen LogP contribution in [0.15, 0.2) is 28.7 Å². The van der Waals surface area contributed by atoms with Crippen LogP contribution in [0.2, 0.25) is 0 Å². The number of hydrogen-bond acceptors (Lipinski definition) is 2. The zero-order valence-corrected chi connectivity index (χ0v) is 12.5. The van der Waals surface area contributed by atoms with Crippen molar-refractivity contribution >= 4 is 15.9 Å². The molecule has 5 heteroatoms. The number of aromatic nitrogens is 2. The average Bonchev–Trinajstić information content (AvgIpc) is 2.59. The van der Waals surface area contributed by atoms with Gasteiger partial charge >= 0.3 is 0 Å². The van der Waals surface area contributed by atoms with Crippen molar-refractivity contribution in [2.24, 2.45) is 7.05 Å². The lowest BCUT2D eigenvalue weighted by molar-refractivity contribution is 0.172. The van der Waals surface area contributed by atoms with E-state index in [0.29, 0.717) is 12.8 Å². The lowest BCUT2D eigenvalue weighted by Crippen LogP contribution is -2.16. The van der Waals surface area contributed by atoms with E-state index < -0.39 is 6.10 Å². The first-order valence-corrected chi connectivity index (χ1v) is 6.87. The molecule has 0 saturated carbocycles. The van der Waals surface area contributed by atoms with E-state index in [-0.39, 0.29) is 5.82 Å². The van der Waals surface area contributed by atoms with Gasteiger partial charge in [0.25, 0.3) is 0 Å². The number of aliphatic hydroxyl groups is 1. The molecule has 1 aromatic heterocycles. The topological polar surface area (TPSA) is 38.0 Å². The maximum absolute atomic E-state index is 12.8. The van der Waals surface area contributed by atoms with Gasteiger partial charge < -0.3 is 5.11 Å². The molecule has 3 nitrogen and oxygen atoms in total. The van der Waals surface area contributed by atoms with Gasteiger partial charge in [0.05, 0.1) is 22.0 Å². The van der Waals surface area contributed by atoms with Gasteiger partial charge in [-0.15, -0.1) is 0 Å². The van der Waals surface area contributed by atoms with Crippen molar-refractivity contribution in [2.45, 2.75) is 25.9 Å². The summed E-state index contributed by atoms with van der Waals surface area (Å²) in [7, 11) is 1.86. The second kappa shape index (κ2) is 5.84. The summed E-state index contributed by atoms with van der Waals surface area (Å²) in [4.78, 5) is 0. The molecule has 1 aromatic carbocycles. The quantitative estimate of drug-likeness (QED) is 0.938. The molecule has 0 aliphatic heterocycles. The number of nitrogens with zero attached hydrogens (tertiary/aromatic N) is 2. The second-order valence-electron chi connectivity index (χ2n) is 4.66. The Labute approximate surface area is 120 Å². The van der Waals surface area contributed by atoms with Crippen molar-refractivity contribution in [2.75, 3.05) is 0 Å². The highest BCUT2D eigenvalue weighted by Crippen LogP contribution is 2.22. The summed E-state index contributed by atoms with van der Waals surface area (Å²) in [5.74, 6) is -0.261. The maximum Gasteiger partial charge on any atom is 0.123 e. The summed E-state index contributed by atoms with van der Waals surface area (Å²) in [6.07, 6.45) is 0.489. The molecule has 1 atom stereocenters. The van der Waals surface area contributed by atoms with Crippen molar-refractivity contribution in [1.29, 1.82) is 0 Å². The van der Waals surface area contributed by atoms with Crippen LogP contribution in [0.4, 0.5) is 4.39 Å². The monoisotopic (exact) mass is 326 g/mol. The largest absolute Gasteiger partial charge is 0.392 e. The molecule has 0 aliphatic carbocycles. The van der Waals surface area contributed by atoms with Gasteiger partial charge in [-0.2, -0.15) is 5.10 Å². The summed E-state index contributed by atoms with van der Waals surface area (Å²) in [6, 6.07) is 6.21. The van der Waals surface area contributed by atoms with Crippen LogP contribution in [-0.2, 0) is 19.9 Å². The third kappa shape index (κ3) is 3.42. The van der Waals surface area contributed by atoms with E-state index in [1.54, 1.807) is 16.8 Å². The zero-order valence-electron chi connectivity index (χ0n) is 10.9. The van der Waals surface area contributed by atoms with Crippen molar-refractivity contribution in [3.63, 3.8) is 0 Å². The van der Waals surface area contributed by atoms with Crippen LogP contribution in [0.3, 0.4) is 0 Å². The van der Waals surface area contributed by atoms with E-state index >= 15 is 0 Å². The van der Waals surface area contributed by atoms with Crippen LogP contribution >= 0.6 is 15.9 Å². The number of benzene rings is 1. The number of hydrogen-bond donors (Lipinski definition) is 1. The minimum atomic E-state index is -0.517. The lowest BCUT2D eigenvalue weighted by Gasteiger charge is -2.11. The van der Waals surface area contributed by atoms with Gasteiger partial charge in [-0.3, -0.25) is 4.68 Å². The normalized spacial score (nSPS) is 12.7. The highest BCUT2D eigenvalue weighted by molar-refractivity contribution is 9.10. The molecule has 2 rings (SSSR count). The smallest absolute Gasteiger partial charge is 0.123 e. The number of rotatable bonds is 4. The third-order valence-electron chi connectivity index (χ3n) is 3.08. The molecule has 0 aliphatic rings. The Bertz CT molecular complexity index is 566. The molecule has 1 unspecified atom stereocenters. The van der Waals surface area contributed by atoms with Crippen molar-refractivity contribution in [3.8, 4) is 0 Å². The van der Waals surface area contributed by atoms with Gasteiger partial charge in [0.15, 0.2) is 0 Å². The molecule has 0 spiro atoms. The first kappa shape index (κ1) is 14.2. The fourth-order valence-electron chi connectivity index (χ4n) is 2.09. The Morgan fingerprint density at radius 3 is 2.47 bits per heavy atom. The van der Waals surface area contributed by atoms with Crippen molar-refractivity contribution in [1.82, 2.24) is 9.78 Å². The van der Waals surface area contributed by atoms with Gasteiger partial charge in [-0.1, -0.05) is 12.1 Å². The zero-order chi connectivity index (χ0) is 14.0. The van der Waals surface area contributed by atoms with Gasteiger partial charge in [0.2, 0.25) is 0 Å². The van der Waals surface area contributed by atoms with Crippen LogP contribution in [0, 0.1) is 12.7 Å². The third-order valence-corrected chi connectivity index (χ3v) is 4.11. The predicted molar refractivity (Wildman–Crippen MR) is 75.5 cm³/mol. The maximum atomic E-state index is 12.8. The summed E-state index contributed by atoms with van der Waals surface area (Å²) < 4.78 is 15.5. The minimum absolute atomic E-state index is 0.261. The molecular weight excluding hydrogens is 311 g/mol. The molecule has 1 heterocycles. The molecule has 19 heavy (non-hydrogen) atoms. The SMILES string of the molecule is Cc1nn(C)c(CC(O)Cc2ccc(F)cc2)c1Br. The van der Waals surface area contributed by atoms with Crippen molar-refractivity contribution in [3.05, 3.63) is 51.5 Å².